The van der Waals surface area contributed by atoms with Gasteiger partial charge in [0.05, 0.1) is 5.52 Å². The van der Waals surface area contributed by atoms with E-state index in [2.05, 4.69) is 67.8 Å². The van der Waals surface area contributed by atoms with Crippen LogP contribution in [0.25, 0.3) is 10.9 Å². The highest BCUT2D eigenvalue weighted by Gasteiger charge is 2.12. The Hall–Kier alpha value is -1.77. The van der Waals surface area contributed by atoms with Crippen LogP contribution in [0.15, 0.2) is 30.3 Å². The second-order valence-electron chi connectivity index (χ2n) is 4.86. The minimum atomic E-state index is 0.986. The number of aromatic nitrogens is 1. The zero-order valence-corrected chi connectivity index (χ0v) is 13.1. The molecule has 1 aromatic heterocycles. The fraction of sp³-hybridized carbons (Fsp3) is 0.471. The summed E-state index contributed by atoms with van der Waals surface area (Å²) in [4.78, 5) is 9.53. The molecule has 0 radical (unpaired) electrons. The summed E-state index contributed by atoms with van der Waals surface area (Å²) in [6.07, 6.45) is 0. The standard InChI is InChI=1S/C17H25N3/c1-5-19(6-2)16-13-17(20(7-3)8-4)18-15-12-10-9-11-14(15)16/h9-13H,5-8H2,1-4H3. The lowest BCUT2D eigenvalue weighted by Gasteiger charge is -2.26. The maximum atomic E-state index is 4.83. The Morgan fingerprint density at radius 3 is 2.05 bits per heavy atom. The first-order valence-corrected chi connectivity index (χ1v) is 7.64. The van der Waals surface area contributed by atoms with Crippen molar-refractivity contribution in [1.29, 1.82) is 0 Å². The van der Waals surface area contributed by atoms with Crippen LogP contribution < -0.4 is 9.80 Å². The number of rotatable bonds is 6. The van der Waals surface area contributed by atoms with Crippen molar-refractivity contribution in [2.24, 2.45) is 0 Å². The zero-order chi connectivity index (χ0) is 14.5. The van der Waals surface area contributed by atoms with Crippen molar-refractivity contribution in [3.8, 4) is 0 Å². The number of hydrogen-bond acceptors (Lipinski definition) is 3. The molecular weight excluding hydrogens is 246 g/mol. The SMILES string of the molecule is CCN(CC)c1cc(N(CC)CC)c2ccccc2n1. The molecule has 1 heterocycles. The smallest absolute Gasteiger partial charge is 0.131 e. The minimum Gasteiger partial charge on any atom is -0.371 e. The summed E-state index contributed by atoms with van der Waals surface area (Å²) in [7, 11) is 0. The number of para-hydroxylation sites is 1. The summed E-state index contributed by atoms with van der Waals surface area (Å²) in [6.45, 7) is 12.8. The van der Waals surface area contributed by atoms with E-state index in [9.17, 15) is 0 Å². The molecule has 0 N–H and O–H groups in total. The molecule has 0 amide bonds. The van der Waals surface area contributed by atoms with Crippen LogP contribution in [0, 0.1) is 0 Å². The van der Waals surface area contributed by atoms with E-state index in [-0.39, 0.29) is 0 Å². The first-order valence-electron chi connectivity index (χ1n) is 7.64. The predicted octanol–water partition coefficient (Wildman–Crippen LogP) is 3.93. The molecule has 0 bridgehead atoms. The van der Waals surface area contributed by atoms with Crippen LogP contribution >= 0.6 is 0 Å². The van der Waals surface area contributed by atoms with Crippen molar-refractivity contribution in [1.82, 2.24) is 4.98 Å². The topological polar surface area (TPSA) is 19.4 Å². The van der Waals surface area contributed by atoms with Gasteiger partial charge >= 0.3 is 0 Å². The predicted molar refractivity (Wildman–Crippen MR) is 88.9 cm³/mol. The second-order valence-corrected chi connectivity index (χ2v) is 4.86. The third-order valence-corrected chi connectivity index (χ3v) is 3.87. The highest BCUT2D eigenvalue weighted by atomic mass is 15.2. The molecule has 0 aliphatic rings. The van der Waals surface area contributed by atoms with Gasteiger partial charge in [0.2, 0.25) is 0 Å². The van der Waals surface area contributed by atoms with Crippen LogP contribution in [0.4, 0.5) is 11.5 Å². The lowest BCUT2D eigenvalue weighted by molar-refractivity contribution is 0.841. The van der Waals surface area contributed by atoms with Gasteiger partial charge in [-0.2, -0.15) is 0 Å². The Kier molecular flexibility index (Phi) is 4.83. The maximum Gasteiger partial charge on any atom is 0.131 e. The molecule has 0 aliphatic carbocycles. The molecule has 0 fully saturated rings. The third-order valence-electron chi connectivity index (χ3n) is 3.87. The molecule has 0 saturated heterocycles. The van der Waals surface area contributed by atoms with Crippen molar-refractivity contribution < 1.29 is 0 Å². The Bertz CT molecular complexity index is 557. The molecule has 0 unspecified atom stereocenters. The lowest BCUT2D eigenvalue weighted by atomic mass is 10.1. The molecule has 0 atom stereocenters. The highest BCUT2D eigenvalue weighted by Crippen LogP contribution is 2.29. The van der Waals surface area contributed by atoms with Gasteiger partial charge in [0.15, 0.2) is 0 Å². The maximum absolute atomic E-state index is 4.83. The van der Waals surface area contributed by atoms with Crippen LogP contribution in [0.3, 0.4) is 0 Å². The van der Waals surface area contributed by atoms with Crippen LogP contribution in [-0.2, 0) is 0 Å². The minimum absolute atomic E-state index is 0.986. The van der Waals surface area contributed by atoms with Gasteiger partial charge in [-0.1, -0.05) is 18.2 Å². The Morgan fingerprint density at radius 2 is 1.45 bits per heavy atom. The first kappa shape index (κ1) is 14.6. The molecule has 2 aromatic rings. The summed E-state index contributed by atoms with van der Waals surface area (Å²) in [5.41, 5.74) is 2.38. The normalized spacial score (nSPS) is 10.8. The van der Waals surface area contributed by atoms with Gasteiger partial charge in [-0.25, -0.2) is 4.98 Å². The van der Waals surface area contributed by atoms with E-state index in [4.69, 9.17) is 4.98 Å². The van der Waals surface area contributed by atoms with E-state index in [1.165, 1.54) is 11.1 Å². The number of benzene rings is 1. The molecule has 0 spiro atoms. The van der Waals surface area contributed by atoms with Crippen LogP contribution in [0.2, 0.25) is 0 Å². The Morgan fingerprint density at radius 1 is 0.850 bits per heavy atom. The number of nitrogens with zero attached hydrogens (tertiary/aromatic N) is 3. The molecule has 0 aliphatic heterocycles. The average Bonchev–Trinajstić information content (AvgIpc) is 2.49. The van der Waals surface area contributed by atoms with E-state index < -0.39 is 0 Å². The number of pyridine rings is 1. The van der Waals surface area contributed by atoms with E-state index in [1.807, 2.05) is 0 Å². The van der Waals surface area contributed by atoms with Gasteiger partial charge in [0.1, 0.15) is 5.82 Å². The average molecular weight is 271 g/mol. The lowest BCUT2D eigenvalue weighted by Crippen LogP contribution is -2.25. The van der Waals surface area contributed by atoms with Crippen molar-refractivity contribution in [3.63, 3.8) is 0 Å². The van der Waals surface area contributed by atoms with Crippen molar-refractivity contribution >= 4 is 22.4 Å². The van der Waals surface area contributed by atoms with Gasteiger partial charge in [0, 0.05) is 43.3 Å². The van der Waals surface area contributed by atoms with E-state index in [0.717, 1.165) is 37.5 Å². The van der Waals surface area contributed by atoms with Gasteiger partial charge in [0.25, 0.3) is 0 Å². The second kappa shape index (κ2) is 6.60. The fourth-order valence-corrected chi connectivity index (χ4v) is 2.68. The van der Waals surface area contributed by atoms with Gasteiger partial charge in [-0.15, -0.1) is 0 Å². The highest BCUT2D eigenvalue weighted by molar-refractivity contribution is 5.93. The molecule has 1 aromatic carbocycles. The van der Waals surface area contributed by atoms with Crippen LogP contribution in [0.5, 0.6) is 0 Å². The first-order chi connectivity index (χ1) is 9.74. The third kappa shape index (κ3) is 2.72. The fourth-order valence-electron chi connectivity index (χ4n) is 2.68. The van der Waals surface area contributed by atoms with Gasteiger partial charge in [-0.3, -0.25) is 0 Å². The number of anilines is 2. The molecule has 3 heteroatoms. The number of hydrogen-bond donors (Lipinski definition) is 0. The zero-order valence-electron chi connectivity index (χ0n) is 13.1. The van der Waals surface area contributed by atoms with Crippen LogP contribution in [0.1, 0.15) is 27.7 Å². The molecule has 108 valence electrons. The quantitative estimate of drug-likeness (QED) is 0.793. The largest absolute Gasteiger partial charge is 0.371 e. The molecule has 20 heavy (non-hydrogen) atoms. The Labute approximate surface area is 122 Å². The van der Waals surface area contributed by atoms with Crippen LogP contribution in [-0.4, -0.2) is 31.2 Å². The summed E-state index contributed by atoms with van der Waals surface area (Å²) in [6, 6.07) is 10.7. The van der Waals surface area contributed by atoms with Gasteiger partial charge in [-0.05, 0) is 33.8 Å². The van der Waals surface area contributed by atoms with Crippen molar-refractivity contribution in [2.45, 2.75) is 27.7 Å². The van der Waals surface area contributed by atoms with E-state index >= 15 is 0 Å². The Balaban J connectivity index is 2.63. The molecule has 0 saturated carbocycles. The summed E-state index contributed by atoms with van der Waals surface area (Å²) >= 11 is 0. The molecule has 2 rings (SSSR count). The summed E-state index contributed by atoms with van der Waals surface area (Å²) < 4.78 is 0. The summed E-state index contributed by atoms with van der Waals surface area (Å²) in [5.74, 6) is 1.08. The van der Waals surface area contributed by atoms with E-state index in [1.54, 1.807) is 0 Å². The number of fused-ring (bicyclic) bond motifs is 1. The molecule has 3 nitrogen and oxygen atoms in total. The monoisotopic (exact) mass is 271 g/mol. The molecular formula is C17H25N3. The van der Waals surface area contributed by atoms with Crippen molar-refractivity contribution in [2.75, 3.05) is 36.0 Å². The van der Waals surface area contributed by atoms with E-state index in [0.29, 0.717) is 0 Å². The summed E-state index contributed by atoms with van der Waals surface area (Å²) in [5, 5.41) is 1.24. The van der Waals surface area contributed by atoms with Crippen molar-refractivity contribution in [3.05, 3.63) is 30.3 Å². The van der Waals surface area contributed by atoms with Gasteiger partial charge < -0.3 is 9.80 Å².